The van der Waals surface area contributed by atoms with Crippen LogP contribution >= 0.6 is 0 Å². The van der Waals surface area contributed by atoms with Gasteiger partial charge in [-0.15, -0.1) is 0 Å². The Bertz CT molecular complexity index is 827. The normalized spacial score (nSPS) is 21.6. The minimum absolute atomic E-state index is 0.197. The Morgan fingerprint density at radius 1 is 0.917 bits per heavy atom. The van der Waals surface area contributed by atoms with Crippen molar-refractivity contribution in [2.24, 2.45) is 0 Å². The highest BCUT2D eigenvalue weighted by Gasteiger charge is 2.47. The van der Waals surface area contributed by atoms with E-state index in [1.807, 2.05) is 0 Å². The van der Waals surface area contributed by atoms with Gasteiger partial charge in [0, 0.05) is 13.1 Å². The third-order valence-electron chi connectivity index (χ3n) is 4.81. The van der Waals surface area contributed by atoms with Crippen LogP contribution in [0, 0.1) is 11.6 Å². The molecule has 5 nitrogen and oxygen atoms in total. The quantitative estimate of drug-likeness (QED) is 0.803. The number of rotatable bonds is 4. The van der Waals surface area contributed by atoms with Gasteiger partial charge in [-0.3, -0.25) is 0 Å². The second-order valence-electron chi connectivity index (χ2n) is 6.37. The summed E-state index contributed by atoms with van der Waals surface area (Å²) in [6.45, 7) is -0.395. The van der Waals surface area contributed by atoms with E-state index in [2.05, 4.69) is 0 Å². The molecule has 0 aromatic heterocycles. The van der Waals surface area contributed by atoms with Crippen LogP contribution < -0.4 is 0 Å². The molecule has 2 fully saturated rings. The molecule has 24 heavy (non-hydrogen) atoms. The van der Waals surface area contributed by atoms with Crippen LogP contribution in [0.4, 0.5) is 8.78 Å². The standard InChI is InChI=1S/C15H19F2NO4S2/c16-11-6-7-14(17)15(8-11)24(21,22)18-9-13(10-18)23(19,20)12-4-2-1-3-5-12/h6-8,12-13H,1-5,9-10H2. The summed E-state index contributed by atoms with van der Waals surface area (Å²) in [6, 6.07) is 2.20. The zero-order valence-corrected chi connectivity index (χ0v) is 14.6. The molecule has 1 aliphatic carbocycles. The Kier molecular flexibility index (Phi) is 4.69. The number of sulfone groups is 1. The maximum atomic E-state index is 13.7. The molecule has 1 aromatic rings. The molecule has 3 rings (SSSR count). The third-order valence-corrected chi connectivity index (χ3v) is 9.28. The summed E-state index contributed by atoms with van der Waals surface area (Å²) in [6.07, 6.45) is 3.99. The minimum Gasteiger partial charge on any atom is -0.228 e. The molecule has 0 unspecified atom stereocenters. The van der Waals surface area contributed by atoms with E-state index in [4.69, 9.17) is 0 Å². The van der Waals surface area contributed by atoms with Gasteiger partial charge in [0.05, 0.1) is 10.5 Å². The second kappa shape index (κ2) is 6.34. The number of halogens is 2. The number of sulfonamides is 1. The number of hydrogen-bond donors (Lipinski definition) is 0. The SMILES string of the molecule is O=S(=O)(C1CCCCC1)C1CN(S(=O)(=O)c2cc(F)ccc2F)C1. The molecular formula is C15H19F2NO4S2. The van der Waals surface area contributed by atoms with E-state index in [1.54, 1.807) is 0 Å². The second-order valence-corrected chi connectivity index (χ2v) is 10.8. The summed E-state index contributed by atoms with van der Waals surface area (Å²) in [4.78, 5) is -0.754. The summed E-state index contributed by atoms with van der Waals surface area (Å²) in [5, 5.41) is -1.17. The van der Waals surface area contributed by atoms with Gasteiger partial charge in [0.25, 0.3) is 0 Å². The lowest BCUT2D eigenvalue weighted by atomic mass is 10.0. The molecule has 134 valence electrons. The molecular weight excluding hydrogens is 360 g/mol. The molecule has 9 heteroatoms. The van der Waals surface area contributed by atoms with Gasteiger partial charge >= 0.3 is 0 Å². The Morgan fingerprint density at radius 3 is 2.17 bits per heavy atom. The van der Waals surface area contributed by atoms with Crippen LogP contribution in [0.5, 0.6) is 0 Å². The average molecular weight is 379 g/mol. The van der Waals surface area contributed by atoms with Crippen molar-refractivity contribution in [2.45, 2.75) is 47.5 Å². The molecule has 0 amide bonds. The van der Waals surface area contributed by atoms with Gasteiger partial charge in [0.2, 0.25) is 10.0 Å². The van der Waals surface area contributed by atoms with Crippen molar-refractivity contribution in [3.8, 4) is 0 Å². The maximum absolute atomic E-state index is 13.7. The zero-order chi connectivity index (χ0) is 17.5. The van der Waals surface area contributed by atoms with Crippen molar-refractivity contribution < 1.29 is 25.6 Å². The molecule has 2 aliphatic rings. The fourth-order valence-corrected chi connectivity index (χ4v) is 7.39. The molecule has 0 spiro atoms. The van der Waals surface area contributed by atoms with Crippen LogP contribution in [-0.4, -0.2) is 44.7 Å². The molecule has 1 heterocycles. The summed E-state index contributed by atoms with van der Waals surface area (Å²) >= 11 is 0. The predicted molar refractivity (Wildman–Crippen MR) is 84.7 cm³/mol. The number of hydrogen-bond acceptors (Lipinski definition) is 4. The first kappa shape index (κ1) is 17.8. The first-order valence-electron chi connectivity index (χ1n) is 7.91. The Balaban J connectivity index is 1.74. The zero-order valence-electron chi connectivity index (χ0n) is 13.0. The van der Waals surface area contributed by atoms with Crippen molar-refractivity contribution >= 4 is 19.9 Å². The summed E-state index contributed by atoms with van der Waals surface area (Å²) in [5.41, 5.74) is 0. The lowest BCUT2D eigenvalue weighted by Crippen LogP contribution is -2.58. The lowest BCUT2D eigenvalue weighted by molar-refractivity contribution is 0.304. The molecule has 0 bridgehead atoms. The number of benzene rings is 1. The van der Waals surface area contributed by atoms with Gasteiger partial charge < -0.3 is 0 Å². The predicted octanol–water partition coefficient (Wildman–Crippen LogP) is 2.09. The van der Waals surface area contributed by atoms with E-state index in [0.29, 0.717) is 18.9 Å². The first-order chi connectivity index (χ1) is 11.2. The van der Waals surface area contributed by atoms with Crippen molar-refractivity contribution in [1.29, 1.82) is 0 Å². The highest BCUT2D eigenvalue weighted by molar-refractivity contribution is 7.93. The van der Waals surface area contributed by atoms with E-state index < -0.39 is 46.9 Å². The lowest BCUT2D eigenvalue weighted by Gasteiger charge is -2.39. The monoisotopic (exact) mass is 379 g/mol. The van der Waals surface area contributed by atoms with Crippen molar-refractivity contribution in [1.82, 2.24) is 4.31 Å². The maximum Gasteiger partial charge on any atom is 0.246 e. The topological polar surface area (TPSA) is 71.5 Å². The highest BCUT2D eigenvalue weighted by atomic mass is 32.2. The molecule has 0 atom stereocenters. The smallest absolute Gasteiger partial charge is 0.228 e. The van der Waals surface area contributed by atoms with Crippen LogP contribution in [0.2, 0.25) is 0 Å². The van der Waals surface area contributed by atoms with E-state index >= 15 is 0 Å². The van der Waals surface area contributed by atoms with Crippen LogP contribution in [0.15, 0.2) is 23.1 Å². The van der Waals surface area contributed by atoms with Crippen LogP contribution in [0.3, 0.4) is 0 Å². The molecule has 0 radical (unpaired) electrons. The van der Waals surface area contributed by atoms with Gasteiger partial charge in [0.1, 0.15) is 16.5 Å². The van der Waals surface area contributed by atoms with E-state index in [-0.39, 0.29) is 13.1 Å². The molecule has 1 saturated heterocycles. The minimum atomic E-state index is -4.23. The van der Waals surface area contributed by atoms with Crippen molar-refractivity contribution in [3.05, 3.63) is 29.8 Å². The molecule has 1 aromatic carbocycles. The van der Waals surface area contributed by atoms with E-state index in [9.17, 15) is 25.6 Å². The summed E-state index contributed by atoms with van der Waals surface area (Å²) in [5.74, 6) is -1.91. The van der Waals surface area contributed by atoms with Gasteiger partial charge in [0.15, 0.2) is 9.84 Å². The van der Waals surface area contributed by atoms with Gasteiger partial charge in [-0.2, -0.15) is 4.31 Å². The molecule has 0 N–H and O–H groups in total. The average Bonchev–Trinajstić information content (AvgIpc) is 2.48. The van der Waals surface area contributed by atoms with Gasteiger partial charge in [-0.05, 0) is 31.0 Å². The fraction of sp³-hybridized carbons (Fsp3) is 0.600. The van der Waals surface area contributed by atoms with Crippen molar-refractivity contribution in [2.75, 3.05) is 13.1 Å². The van der Waals surface area contributed by atoms with Crippen molar-refractivity contribution in [3.63, 3.8) is 0 Å². The summed E-state index contributed by atoms with van der Waals surface area (Å²) < 4.78 is 77.6. The fourth-order valence-electron chi connectivity index (χ4n) is 3.28. The Hall–Kier alpha value is -1.06. The highest BCUT2D eigenvalue weighted by Crippen LogP contribution is 2.32. The van der Waals surface area contributed by atoms with Crippen LogP contribution in [0.25, 0.3) is 0 Å². The summed E-state index contributed by atoms with van der Waals surface area (Å²) in [7, 11) is -7.62. The van der Waals surface area contributed by atoms with Gasteiger partial charge in [-0.25, -0.2) is 25.6 Å². The Labute approximate surface area is 140 Å². The van der Waals surface area contributed by atoms with Crippen LogP contribution in [0.1, 0.15) is 32.1 Å². The van der Waals surface area contributed by atoms with E-state index in [0.717, 1.165) is 35.7 Å². The first-order valence-corrected chi connectivity index (χ1v) is 11.0. The van der Waals surface area contributed by atoms with Crippen LogP contribution in [-0.2, 0) is 19.9 Å². The largest absolute Gasteiger partial charge is 0.246 e. The van der Waals surface area contributed by atoms with Gasteiger partial charge in [-0.1, -0.05) is 19.3 Å². The Morgan fingerprint density at radius 2 is 1.54 bits per heavy atom. The van der Waals surface area contributed by atoms with E-state index in [1.165, 1.54) is 0 Å². The third kappa shape index (κ3) is 3.09. The molecule has 1 aliphatic heterocycles. The molecule has 1 saturated carbocycles. The number of nitrogens with zero attached hydrogens (tertiary/aromatic N) is 1.